The Morgan fingerprint density at radius 1 is 0.939 bits per heavy atom. The predicted octanol–water partition coefficient (Wildman–Crippen LogP) is 4.52. The van der Waals surface area contributed by atoms with Gasteiger partial charge in [-0.05, 0) is 48.5 Å². The van der Waals surface area contributed by atoms with Crippen LogP contribution >= 0.6 is 11.6 Å². The number of carbonyl (C=O) groups is 2. The molecule has 3 aromatic carbocycles. The molecule has 0 radical (unpaired) electrons. The van der Waals surface area contributed by atoms with Crippen molar-refractivity contribution in [1.29, 1.82) is 0 Å². The van der Waals surface area contributed by atoms with E-state index in [4.69, 9.17) is 25.8 Å². The molecule has 0 aromatic heterocycles. The highest BCUT2D eigenvalue weighted by Crippen LogP contribution is 2.23. The maximum Gasteiger partial charge on any atom is 0.262 e. The molecule has 2 amide bonds. The SMILES string of the molecule is COc1cccc(NC(=O)COc2ccc(C(=O)N(C)CCOc3ccccc3Cl)cc2)c1. The van der Waals surface area contributed by atoms with Crippen LogP contribution in [0.1, 0.15) is 10.4 Å². The zero-order valence-electron chi connectivity index (χ0n) is 18.4. The predicted molar refractivity (Wildman–Crippen MR) is 127 cm³/mol. The third-order valence-electron chi connectivity index (χ3n) is 4.69. The van der Waals surface area contributed by atoms with Gasteiger partial charge in [0.15, 0.2) is 6.61 Å². The minimum absolute atomic E-state index is 0.153. The normalized spacial score (nSPS) is 10.3. The van der Waals surface area contributed by atoms with Crippen molar-refractivity contribution in [2.45, 2.75) is 0 Å². The number of rotatable bonds is 10. The van der Waals surface area contributed by atoms with Crippen LogP contribution in [0.15, 0.2) is 72.8 Å². The monoisotopic (exact) mass is 468 g/mol. The Kier molecular flexibility index (Phi) is 8.55. The molecule has 0 heterocycles. The first-order valence-electron chi connectivity index (χ1n) is 10.3. The van der Waals surface area contributed by atoms with Crippen molar-refractivity contribution in [2.24, 2.45) is 0 Å². The Balaban J connectivity index is 1.45. The molecule has 0 bridgehead atoms. The lowest BCUT2D eigenvalue weighted by molar-refractivity contribution is -0.118. The van der Waals surface area contributed by atoms with E-state index in [0.29, 0.717) is 46.7 Å². The van der Waals surface area contributed by atoms with Gasteiger partial charge in [-0.25, -0.2) is 0 Å². The summed E-state index contributed by atoms with van der Waals surface area (Å²) in [6.45, 7) is 0.548. The molecule has 0 fully saturated rings. The minimum Gasteiger partial charge on any atom is -0.497 e. The number of nitrogens with zero attached hydrogens (tertiary/aromatic N) is 1. The van der Waals surface area contributed by atoms with Crippen molar-refractivity contribution in [1.82, 2.24) is 4.90 Å². The molecular weight excluding hydrogens is 444 g/mol. The first-order chi connectivity index (χ1) is 16.0. The number of amides is 2. The van der Waals surface area contributed by atoms with Crippen LogP contribution in [0, 0.1) is 0 Å². The number of para-hydroxylation sites is 1. The zero-order valence-corrected chi connectivity index (χ0v) is 19.2. The van der Waals surface area contributed by atoms with Crippen molar-refractivity contribution in [3.63, 3.8) is 0 Å². The van der Waals surface area contributed by atoms with Crippen LogP contribution in [0.3, 0.4) is 0 Å². The summed E-state index contributed by atoms with van der Waals surface area (Å²) in [6, 6.07) is 20.9. The molecule has 0 spiro atoms. The van der Waals surface area contributed by atoms with E-state index in [1.54, 1.807) is 79.7 Å². The van der Waals surface area contributed by atoms with Gasteiger partial charge in [0.2, 0.25) is 0 Å². The Hall–Kier alpha value is -3.71. The largest absolute Gasteiger partial charge is 0.497 e. The van der Waals surface area contributed by atoms with Crippen LogP contribution in [0.4, 0.5) is 5.69 Å². The van der Waals surface area contributed by atoms with Crippen molar-refractivity contribution in [3.8, 4) is 17.2 Å². The fourth-order valence-corrected chi connectivity index (χ4v) is 3.11. The first kappa shape index (κ1) is 23.9. The molecular formula is C25H25ClN2O5. The van der Waals surface area contributed by atoms with Gasteiger partial charge in [-0.15, -0.1) is 0 Å². The van der Waals surface area contributed by atoms with Crippen LogP contribution in [-0.4, -0.2) is 50.6 Å². The standard InChI is InChI=1S/C25H25ClN2O5/c1-28(14-15-32-23-9-4-3-8-22(23)26)25(30)18-10-12-20(13-11-18)33-17-24(29)27-19-6-5-7-21(16-19)31-2/h3-13,16H,14-15,17H2,1-2H3,(H,27,29). The highest BCUT2D eigenvalue weighted by atomic mass is 35.5. The number of likely N-dealkylation sites (N-methyl/N-ethyl adjacent to an activating group) is 1. The van der Waals surface area contributed by atoms with Crippen LogP contribution in [0.25, 0.3) is 0 Å². The van der Waals surface area contributed by atoms with Crippen molar-refractivity contribution in [3.05, 3.63) is 83.4 Å². The van der Waals surface area contributed by atoms with Crippen LogP contribution in [0.5, 0.6) is 17.2 Å². The molecule has 0 aliphatic carbocycles. The molecule has 0 saturated heterocycles. The molecule has 0 atom stereocenters. The highest BCUT2D eigenvalue weighted by molar-refractivity contribution is 6.32. The van der Waals surface area contributed by atoms with Crippen molar-refractivity contribution in [2.75, 3.05) is 39.2 Å². The van der Waals surface area contributed by atoms with Gasteiger partial charge in [0.05, 0.1) is 18.7 Å². The summed E-state index contributed by atoms with van der Waals surface area (Å²) in [6.07, 6.45) is 0. The number of ether oxygens (including phenoxy) is 3. The third kappa shape index (κ3) is 7.15. The molecule has 0 aliphatic heterocycles. The van der Waals surface area contributed by atoms with Gasteiger partial charge >= 0.3 is 0 Å². The number of carbonyl (C=O) groups excluding carboxylic acids is 2. The number of methoxy groups -OCH3 is 1. The van der Waals surface area contributed by atoms with E-state index in [-0.39, 0.29) is 18.4 Å². The summed E-state index contributed by atoms with van der Waals surface area (Å²) in [5, 5.41) is 3.27. The number of halogens is 1. The van der Waals surface area contributed by atoms with E-state index < -0.39 is 0 Å². The van der Waals surface area contributed by atoms with Gasteiger partial charge in [0.1, 0.15) is 23.9 Å². The average Bonchev–Trinajstić information content (AvgIpc) is 2.84. The minimum atomic E-state index is -0.304. The average molecular weight is 469 g/mol. The Morgan fingerprint density at radius 2 is 1.70 bits per heavy atom. The van der Waals surface area contributed by atoms with E-state index in [1.165, 1.54) is 0 Å². The van der Waals surface area contributed by atoms with Gasteiger partial charge in [0.25, 0.3) is 11.8 Å². The molecule has 3 aromatic rings. The van der Waals surface area contributed by atoms with Gasteiger partial charge in [0, 0.05) is 24.4 Å². The summed E-state index contributed by atoms with van der Waals surface area (Å²) in [5.41, 5.74) is 1.12. The molecule has 0 saturated carbocycles. The van der Waals surface area contributed by atoms with Crippen molar-refractivity contribution < 1.29 is 23.8 Å². The summed E-state index contributed by atoms with van der Waals surface area (Å²) >= 11 is 6.06. The molecule has 3 rings (SSSR count). The van der Waals surface area contributed by atoms with Crippen LogP contribution in [0.2, 0.25) is 5.02 Å². The Morgan fingerprint density at radius 3 is 2.42 bits per heavy atom. The summed E-state index contributed by atoms with van der Waals surface area (Å²) in [7, 11) is 3.26. The van der Waals surface area contributed by atoms with Gasteiger partial charge in [-0.1, -0.05) is 29.8 Å². The van der Waals surface area contributed by atoms with Gasteiger partial charge in [-0.2, -0.15) is 0 Å². The second kappa shape index (κ2) is 11.8. The number of hydrogen-bond acceptors (Lipinski definition) is 5. The molecule has 0 aliphatic rings. The molecule has 33 heavy (non-hydrogen) atoms. The summed E-state index contributed by atoms with van der Waals surface area (Å²) in [4.78, 5) is 26.3. The first-order valence-corrected chi connectivity index (χ1v) is 10.6. The lowest BCUT2D eigenvalue weighted by Gasteiger charge is -2.18. The highest BCUT2D eigenvalue weighted by Gasteiger charge is 2.12. The van der Waals surface area contributed by atoms with Crippen LogP contribution in [-0.2, 0) is 4.79 Å². The number of benzene rings is 3. The van der Waals surface area contributed by atoms with E-state index in [1.807, 2.05) is 12.1 Å². The second-order valence-electron chi connectivity index (χ2n) is 7.10. The molecule has 172 valence electrons. The number of anilines is 1. The molecule has 1 N–H and O–H groups in total. The maximum atomic E-state index is 12.6. The number of nitrogens with one attached hydrogen (secondary N) is 1. The topological polar surface area (TPSA) is 77.1 Å². The fourth-order valence-electron chi connectivity index (χ4n) is 2.92. The van der Waals surface area contributed by atoms with Gasteiger partial charge < -0.3 is 24.4 Å². The quantitative estimate of drug-likeness (QED) is 0.473. The van der Waals surface area contributed by atoms with E-state index in [0.717, 1.165) is 0 Å². The summed E-state index contributed by atoms with van der Waals surface area (Å²) < 4.78 is 16.3. The molecule has 8 heteroatoms. The smallest absolute Gasteiger partial charge is 0.262 e. The van der Waals surface area contributed by atoms with Crippen molar-refractivity contribution >= 4 is 29.1 Å². The maximum absolute atomic E-state index is 12.6. The fraction of sp³-hybridized carbons (Fsp3) is 0.200. The molecule has 0 unspecified atom stereocenters. The Labute approximate surface area is 197 Å². The third-order valence-corrected chi connectivity index (χ3v) is 5.00. The zero-order chi connectivity index (χ0) is 23.6. The lowest BCUT2D eigenvalue weighted by atomic mass is 10.2. The van der Waals surface area contributed by atoms with E-state index in [2.05, 4.69) is 5.32 Å². The van der Waals surface area contributed by atoms with E-state index >= 15 is 0 Å². The molecule has 7 nitrogen and oxygen atoms in total. The van der Waals surface area contributed by atoms with E-state index in [9.17, 15) is 9.59 Å². The van der Waals surface area contributed by atoms with Gasteiger partial charge in [-0.3, -0.25) is 9.59 Å². The lowest BCUT2D eigenvalue weighted by Crippen LogP contribution is -2.30. The van der Waals surface area contributed by atoms with Crippen LogP contribution < -0.4 is 19.5 Å². The Bertz CT molecular complexity index is 1090. The second-order valence-corrected chi connectivity index (χ2v) is 7.51. The summed E-state index contributed by atoms with van der Waals surface area (Å²) in [5.74, 6) is 1.25. The number of hydrogen-bond donors (Lipinski definition) is 1.